The highest BCUT2D eigenvalue weighted by Crippen LogP contribution is 2.33. The number of carbonyl (C=O) groups is 2. The summed E-state index contributed by atoms with van der Waals surface area (Å²) >= 11 is 12.6. The normalized spacial score (nSPS) is 21.7. The smallest absolute Gasteiger partial charge is 0.481 e. The SMILES string of the molecule is Cc1nn([C@H](C)c2ccc(Cl)cc2Cl)c2nc(N3CC[C@@H](N4CCC[C@@H](CCC(=O)O)C4)[C@@H](C)C3)cnc12.O=C(O)C(F)(F)F. The van der Waals surface area contributed by atoms with E-state index in [1.165, 1.54) is 0 Å². The Hall–Kier alpha value is -3.16. The maximum absolute atomic E-state index is 11.0. The largest absolute Gasteiger partial charge is 0.490 e. The third-order valence-corrected chi connectivity index (χ3v) is 9.11. The molecule has 246 valence electrons. The molecule has 0 aliphatic carbocycles. The molecule has 0 spiro atoms. The zero-order chi connectivity index (χ0) is 33.1. The fraction of sp³-hybridized carbons (Fsp3) is 0.567. The van der Waals surface area contributed by atoms with Crippen LogP contribution in [0, 0.1) is 18.8 Å². The molecule has 2 aromatic heterocycles. The van der Waals surface area contributed by atoms with Crippen LogP contribution in [-0.2, 0) is 9.59 Å². The third kappa shape index (κ3) is 8.56. The number of hydrogen-bond donors (Lipinski definition) is 2. The van der Waals surface area contributed by atoms with Crippen molar-refractivity contribution in [1.29, 1.82) is 0 Å². The molecule has 3 aromatic rings. The van der Waals surface area contributed by atoms with Gasteiger partial charge in [-0.15, -0.1) is 0 Å². The quantitative estimate of drug-likeness (QED) is 0.290. The summed E-state index contributed by atoms with van der Waals surface area (Å²) in [6.07, 6.45) is 1.19. The molecule has 2 N–H and O–H groups in total. The first-order valence-electron chi connectivity index (χ1n) is 14.8. The van der Waals surface area contributed by atoms with E-state index in [0.29, 0.717) is 27.9 Å². The van der Waals surface area contributed by atoms with E-state index in [0.717, 1.165) is 80.1 Å². The average Bonchev–Trinajstić information content (AvgIpc) is 3.31. The van der Waals surface area contributed by atoms with Gasteiger partial charge in [-0.25, -0.2) is 19.4 Å². The number of anilines is 1. The number of rotatable bonds is 7. The predicted molar refractivity (Wildman–Crippen MR) is 165 cm³/mol. The molecule has 1 aromatic carbocycles. The zero-order valence-electron chi connectivity index (χ0n) is 25.3. The fourth-order valence-electron chi connectivity index (χ4n) is 6.28. The van der Waals surface area contributed by atoms with Gasteiger partial charge in [0.1, 0.15) is 11.3 Å². The summed E-state index contributed by atoms with van der Waals surface area (Å²) in [4.78, 5) is 34.7. The molecule has 0 amide bonds. The molecule has 10 nitrogen and oxygen atoms in total. The maximum atomic E-state index is 11.0. The van der Waals surface area contributed by atoms with E-state index in [1.54, 1.807) is 6.07 Å². The van der Waals surface area contributed by atoms with Crippen molar-refractivity contribution < 1.29 is 33.0 Å². The summed E-state index contributed by atoms with van der Waals surface area (Å²) in [6.45, 7) is 10.3. The molecule has 4 heterocycles. The van der Waals surface area contributed by atoms with E-state index in [4.69, 9.17) is 53.3 Å². The molecule has 2 saturated heterocycles. The third-order valence-electron chi connectivity index (χ3n) is 8.55. The van der Waals surface area contributed by atoms with Crippen LogP contribution in [0.1, 0.15) is 63.3 Å². The number of hydrogen-bond acceptors (Lipinski definition) is 7. The number of piperidine rings is 2. The average molecular weight is 674 g/mol. The number of aromatic nitrogens is 4. The van der Waals surface area contributed by atoms with Crippen LogP contribution >= 0.6 is 23.2 Å². The minimum atomic E-state index is -5.08. The Labute approximate surface area is 269 Å². The van der Waals surface area contributed by atoms with Crippen LogP contribution in [0.3, 0.4) is 0 Å². The van der Waals surface area contributed by atoms with Crippen LogP contribution < -0.4 is 4.90 Å². The van der Waals surface area contributed by atoms with Crippen LogP contribution in [0.2, 0.25) is 10.0 Å². The van der Waals surface area contributed by atoms with Crippen molar-refractivity contribution in [2.75, 3.05) is 31.1 Å². The van der Waals surface area contributed by atoms with Gasteiger partial charge in [0.2, 0.25) is 0 Å². The minimum Gasteiger partial charge on any atom is -0.481 e. The van der Waals surface area contributed by atoms with Gasteiger partial charge in [0.15, 0.2) is 5.65 Å². The predicted octanol–water partition coefficient (Wildman–Crippen LogP) is 6.48. The van der Waals surface area contributed by atoms with Crippen LogP contribution in [-0.4, -0.2) is 85.2 Å². The molecule has 0 radical (unpaired) electrons. The van der Waals surface area contributed by atoms with Gasteiger partial charge in [-0.3, -0.25) is 9.69 Å². The first-order valence-corrected chi connectivity index (χ1v) is 15.6. The van der Waals surface area contributed by atoms with Crippen molar-refractivity contribution in [3.8, 4) is 0 Å². The topological polar surface area (TPSA) is 125 Å². The molecule has 45 heavy (non-hydrogen) atoms. The van der Waals surface area contributed by atoms with Crippen molar-refractivity contribution in [1.82, 2.24) is 24.6 Å². The Morgan fingerprint density at radius 2 is 1.84 bits per heavy atom. The molecule has 2 fully saturated rings. The fourth-order valence-corrected chi connectivity index (χ4v) is 6.85. The minimum absolute atomic E-state index is 0.127. The number of carboxylic acid groups (broad SMARTS) is 2. The number of benzene rings is 1. The number of halogens is 5. The van der Waals surface area contributed by atoms with E-state index in [-0.39, 0.29) is 12.5 Å². The lowest BCUT2D eigenvalue weighted by Gasteiger charge is -2.46. The lowest BCUT2D eigenvalue weighted by Crippen LogP contribution is -2.53. The number of alkyl halides is 3. The Balaban J connectivity index is 0.000000591. The standard InChI is InChI=1S/C28H36Cl2N6O2.C2HF3O2/c1-17-15-35(12-10-24(17)34-11-4-5-20(16-34)6-9-26(37)38)25-14-31-27-18(2)33-36(28(27)32-25)19(3)22-8-7-21(29)13-23(22)30;3-2(4,5)1(6)7/h7-8,13-14,17,19-20,24H,4-6,9-12,15-16H2,1-3H3,(H,37,38);(H,6,7)/t17-,19+,20-,24+;/m0./s1. The number of carboxylic acids is 2. The number of nitrogens with zero attached hydrogens (tertiary/aromatic N) is 6. The van der Waals surface area contributed by atoms with Crippen molar-refractivity contribution >= 4 is 52.1 Å². The van der Waals surface area contributed by atoms with Crippen molar-refractivity contribution in [2.24, 2.45) is 11.8 Å². The summed E-state index contributed by atoms with van der Waals surface area (Å²) in [5, 5.41) is 22.2. The lowest BCUT2D eigenvalue weighted by molar-refractivity contribution is -0.192. The molecule has 0 bridgehead atoms. The molecular formula is C30H37Cl2F3N6O4. The van der Waals surface area contributed by atoms with Gasteiger partial charge >= 0.3 is 18.1 Å². The van der Waals surface area contributed by atoms with E-state index in [2.05, 4.69) is 23.6 Å². The highest BCUT2D eigenvalue weighted by molar-refractivity contribution is 6.35. The lowest BCUT2D eigenvalue weighted by atomic mass is 9.87. The van der Waals surface area contributed by atoms with Gasteiger partial charge < -0.3 is 15.1 Å². The molecule has 0 unspecified atom stereocenters. The Morgan fingerprint density at radius 1 is 1.13 bits per heavy atom. The summed E-state index contributed by atoms with van der Waals surface area (Å²) in [5.41, 5.74) is 3.33. The molecular weight excluding hydrogens is 636 g/mol. The van der Waals surface area contributed by atoms with Gasteiger partial charge in [0.25, 0.3) is 0 Å². The molecule has 2 aliphatic heterocycles. The van der Waals surface area contributed by atoms with Crippen molar-refractivity contribution in [3.05, 3.63) is 45.7 Å². The van der Waals surface area contributed by atoms with Crippen molar-refractivity contribution in [2.45, 2.75) is 71.1 Å². The second-order valence-electron chi connectivity index (χ2n) is 11.8. The highest BCUT2D eigenvalue weighted by Gasteiger charge is 2.38. The first kappa shape index (κ1) is 34.7. The molecule has 15 heteroatoms. The first-order chi connectivity index (χ1) is 21.1. The molecule has 2 aliphatic rings. The Morgan fingerprint density at radius 3 is 2.47 bits per heavy atom. The number of fused-ring (bicyclic) bond motifs is 1. The van der Waals surface area contributed by atoms with Crippen LogP contribution in [0.15, 0.2) is 24.4 Å². The summed E-state index contributed by atoms with van der Waals surface area (Å²) < 4.78 is 33.7. The van der Waals surface area contributed by atoms with Crippen LogP contribution in [0.25, 0.3) is 11.2 Å². The maximum Gasteiger partial charge on any atom is 0.490 e. The summed E-state index contributed by atoms with van der Waals surface area (Å²) in [6, 6.07) is 5.92. The second kappa shape index (κ2) is 14.5. The van der Waals surface area contributed by atoms with Crippen LogP contribution in [0.5, 0.6) is 0 Å². The van der Waals surface area contributed by atoms with Gasteiger partial charge in [-0.05, 0) is 75.6 Å². The van der Waals surface area contributed by atoms with Gasteiger partial charge in [0.05, 0.1) is 17.9 Å². The molecule has 0 saturated carbocycles. The second-order valence-corrected chi connectivity index (χ2v) is 12.6. The van der Waals surface area contributed by atoms with Gasteiger partial charge in [0, 0.05) is 42.1 Å². The highest BCUT2D eigenvalue weighted by atomic mass is 35.5. The monoisotopic (exact) mass is 672 g/mol. The van der Waals surface area contributed by atoms with Gasteiger partial charge in [-0.1, -0.05) is 36.2 Å². The summed E-state index contributed by atoms with van der Waals surface area (Å²) in [7, 11) is 0. The number of likely N-dealkylation sites (tertiary alicyclic amines) is 1. The van der Waals surface area contributed by atoms with E-state index in [1.807, 2.05) is 29.9 Å². The van der Waals surface area contributed by atoms with E-state index >= 15 is 0 Å². The summed E-state index contributed by atoms with van der Waals surface area (Å²) in [5.74, 6) is -1.62. The van der Waals surface area contributed by atoms with E-state index < -0.39 is 18.1 Å². The Kier molecular flexibility index (Phi) is 11.2. The molecule has 5 rings (SSSR count). The Bertz CT molecular complexity index is 1520. The number of aliphatic carboxylic acids is 2. The molecule has 4 atom stereocenters. The van der Waals surface area contributed by atoms with Crippen LogP contribution in [0.4, 0.5) is 19.0 Å². The van der Waals surface area contributed by atoms with Crippen molar-refractivity contribution in [3.63, 3.8) is 0 Å². The van der Waals surface area contributed by atoms with E-state index in [9.17, 15) is 18.0 Å². The zero-order valence-corrected chi connectivity index (χ0v) is 26.8. The van der Waals surface area contributed by atoms with Gasteiger partial charge in [-0.2, -0.15) is 18.3 Å². The number of aryl methyl sites for hydroxylation is 1.